The van der Waals surface area contributed by atoms with Gasteiger partial charge in [0.05, 0.1) is 5.69 Å². The van der Waals surface area contributed by atoms with Gasteiger partial charge in [0.1, 0.15) is 11.5 Å². The Labute approximate surface area is 156 Å². The van der Waals surface area contributed by atoms with Gasteiger partial charge in [-0.3, -0.25) is 9.98 Å². The molecule has 0 saturated heterocycles. The number of hydrogen-bond acceptors (Lipinski definition) is 5. The summed E-state index contributed by atoms with van der Waals surface area (Å²) in [6, 6.07) is 9.72. The van der Waals surface area contributed by atoms with E-state index in [1.807, 2.05) is 37.4 Å². The third kappa shape index (κ3) is 4.64. The van der Waals surface area contributed by atoms with Crippen LogP contribution >= 0.6 is 0 Å². The molecular formula is C18H24N8O. The fourth-order valence-electron chi connectivity index (χ4n) is 2.76. The molecule has 7 N–H and O–H groups in total. The molecule has 0 bridgehead atoms. The second kappa shape index (κ2) is 8.37. The first kappa shape index (κ1) is 18.5. The number of H-pyrrole nitrogens is 1. The molecule has 2 aromatic heterocycles. The molecule has 9 heteroatoms. The zero-order chi connectivity index (χ0) is 19.2. The quantitative estimate of drug-likeness (QED) is 0.197. The molecule has 3 aromatic rings. The number of nitrogens with one attached hydrogen (secondary N) is 5. The fraction of sp³-hybridized carbons (Fsp3) is 0.278. The topological polar surface area (TPSA) is 137 Å². The van der Waals surface area contributed by atoms with Crippen molar-refractivity contribution in [3.05, 3.63) is 52.6 Å². The lowest BCUT2D eigenvalue weighted by atomic mass is 10.2. The van der Waals surface area contributed by atoms with Crippen molar-refractivity contribution in [3.8, 4) is 5.69 Å². The van der Waals surface area contributed by atoms with Crippen LogP contribution < -0.4 is 27.4 Å². The fourth-order valence-corrected chi connectivity index (χ4v) is 2.76. The second-order valence-electron chi connectivity index (χ2n) is 6.17. The molecule has 1 aromatic carbocycles. The maximum atomic E-state index is 12.3. The summed E-state index contributed by atoms with van der Waals surface area (Å²) in [6.45, 7) is 2.23. The summed E-state index contributed by atoms with van der Waals surface area (Å²) >= 11 is 0. The average Bonchev–Trinajstić information content (AvgIpc) is 3.06. The molecule has 0 atom stereocenters. The SMILES string of the molecule is CNc1cc2cn(-c3ccc(CNCCCNC(=N)N)cc3)c(=O)nc2[nH]1. The highest BCUT2D eigenvalue weighted by atomic mass is 16.1. The number of nitrogens with zero attached hydrogens (tertiary/aromatic N) is 2. The van der Waals surface area contributed by atoms with E-state index in [1.165, 1.54) is 0 Å². The summed E-state index contributed by atoms with van der Waals surface area (Å²) in [6.07, 6.45) is 2.67. The summed E-state index contributed by atoms with van der Waals surface area (Å²) in [4.78, 5) is 19.5. The lowest BCUT2D eigenvalue weighted by molar-refractivity contribution is 0.639. The second-order valence-corrected chi connectivity index (χ2v) is 6.17. The molecule has 0 fully saturated rings. The molecular weight excluding hydrogens is 344 g/mol. The molecule has 0 aliphatic rings. The number of anilines is 1. The molecule has 0 saturated carbocycles. The van der Waals surface area contributed by atoms with E-state index in [1.54, 1.807) is 10.8 Å². The van der Waals surface area contributed by atoms with Crippen molar-refractivity contribution in [2.24, 2.45) is 5.73 Å². The Kier molecular flexibility index (Phi) is 5.72. The molecule has 27 heavy (non-hydrogen) atoms. The standard InChI is InChI=1S/C18H24N8O/c1-21-15-9-13-11-26(18(27)25-16(13)24-15)14-5-3-12(4-6-14)10-22-7-2-8-23-17(19)20/h3-6,9,11,21-22H,2,7-8,10H2,1H3,(H4,19,20,23)(H,24,25,27). The van der Waals surface area contributed by atoms with E-state index < -0.39 is 0 Å². The van der Waals surface area contributed by atoms with Gasteiger partial charge in [0.25, 0.3) is 0 Å². The Balaban J connectivity index is 1.63. The van der Waals surface area contributed by atoms with Crippen molar-refractivity contribution in [1.82, 2.24) is 25.2 Å². The maximum Gasteiger partial charge on any atom is 0.354 e. The van der Waals surface area contributed by atoms with Crippen molar-refractivity contribution in [2.75, 3.05) is 25.5 Å². The maximum absolute atomic E-state index is 12.3. The van der Waals surface area contributed by atoms with Crippen LogP contribution in [0.1, 0.15) is 12.0 Å². The number of rotatable bonds is 8. The van der Waals surface area contributed by atoms with Gasteiger partial charge < -0.3 is 26.7 Å². The molecule has 0 radical (unpaired) electrons. The van der Waals surface area contributed by atoms with Crippen molar-refractivity contribution < 1.29 is 0 Å². The number of aromatic nitrogens is 3. The molecule has 2 heterocycles. The predicted octanol–water partition coefficient (Wildman–Crippen LogP) is 0.718. The van der Waals surface area contributed by atoms with Crippen LogP contribution in [0.5, 0.6) is 0 Å². The molecule has 9 nitrogen and oxygen atoms in total. The first-order valence-electron chi connectivity index (χ1n) is 8.75. The Hall–Kier alpha value is -3.33. The summed E-state index contributed by atoms with van der Waals surface area (Å²) in [5, 5.41) is 17.1. The highest BCUT2D eigenvalue weighted by molar-refractivity contribution is 5.79. The van der Waals surface area contributed by atoms with Gasteiger partial charge in [0.15, 0.2) is 5.96 Å². The minimum Gasteiger partial charge on any atom is -0.375 e. The normalized spacial score (nSPS) is 10.9. The number of guanidine groups is 1. The number of benzene rings is 1. The Morgan fingerprint density at radius 1 is 1.30 bits per heavy atom. The minimum absolute atomic E-state index is 0.00433. The summed E-state index contributed by atoms with van der Waals surface area (Å²) in [7, 11) is 1.81. The number of nitrogens with two attached hydrogens (primary N) is 1. The monoisotopic (exact) mass is 368 g/mol. The van der Waals surface area contributed by atoms with E-state index in [4.69, 9.17) is 11.1 Å². The summed E-state index contributed by atoms with van der Waals surface area (Å²) < 4.78 is 1.54. The number of fused-ring (bicyclic) bond motifs is 1. The zero-order valence-electron chi connectivity index (χ0n) is 15.2. The highest BCUT2D eigenvalue weighted by Crippen LogP contribution is 2.16. The molecule has 0 unspecified atom stereocenters. The number of aromatic amines is 1. The van der Waals surface area contributed by atoms with E-state index >= 15 is 0 Å². The first-order valence-corrected chi connectivity index (χ1v) is 8.75. The van der Waals surface area contributed by atoms with E-state index in [0.29, 0.717) is 12.2 Å². The lowest BCUT2D eigenvalue weighted by Crippen LogP contribution is -2.32. The largest absolute Gasteiger partial charge is 0.375 e. The molecule has 0 amide bonds. The first-order chi connectivity index (χ1) is 13.1. The van der Waals surface area contributed by atoms with Gasteiger partial charge in [0.2, 0.25) is 0 Å². The van der Waals surface area contributed by atoms with Crippen molar-refractivity contribution >= 4 is 22.8 Å². The van der Waals surface area contributed by atoms with Crippen LogP contribution in [0.2, 0.25) is 0 Å². The van der Waals surface area contributed by atoms with E-state index in [-0.39, 0.29) is 11.6 Å². The van der Waals surface area contributed by atoms with Gasteiger partial charge in [0, 0.05) is 31.7 Å². The van der Waals surface area contributed by atoms with Gasteiger partial charge in [-0.25, -0.2) is 4.79 Å². The highest BCUT2D eigenvalue weighted by Gasteiger charge is 2.07. The van der Waals surface area contributed by atoms with Gasteiger partial charge in [-0.15, -0.1) is 0 Å². The molecule has 0 aliphatic heterocycles. The predicted molar refractivity (Wildman–Crippen MR) is 107 cm³/mol. The van der Waals surface area contributed by atoms with Crippen LogP contribution in [0.15, 0.2) is 41.3 Å². The molecule has 142 valence electrons. The lowest BCUT2D eigenvalue weighted by Gasteiger charge is -2.08. The minimum atomic E-state index is -0.323. The van der Waals surface area contributed by atoms with Crippen LogP contribution in [0.25, 0.3) is 16.7 Å². The molecule has 3 rings (SSSR count). The third-order valence-corrected chi connectivity index (χ3v) is 4.17. The number of hydrogen-bond donors (Lipinski definition) is 6. The van der Waals surface area contributed by atoms with Crippen LogP contribution in [0.3, 0.4) is 0 Å². The van der Waals surface area contributed by atoms with E-state index in [9.17, 15) is 4.79 Å². The Morgan fingerprint density at radius 2 is 2.07 bits per heavy atom. The van der Waals surface area contributed by atoms with E-state index in [0.717, 1.165) is 42.0 Å². The van der Waals surface area contributed by atoms with Crippen LogP contribution in [-0.2, 0) is 6.54 Å². The molecule has 0 spiro atoms. The Bertz CT molecular complexity index is 973. The van der Waals surface area contributed by atoms with Crippen LogP contribution in [0.4, 0.5) is 5.82 Å². The van der Waals surface area contributed by atoms with Gasteiger partial charge >= 0.3 is 5.69 Å². The Morgan fingerprint density at radius 3 is 2.78 bits per heavy atom. The third-order valence-electron chi connectivity index (χ3n) is 4.17. The van der Waals surface area contributed by atoms with Crippen molar-refractivity contribution in [1.29, 1.82) is 5.41 Å². The van der Waals surface area contributed by atoms with Crippen molar-refractivity contribution in [3.63, 3.8) is 0 Å². The van der Waals surface area contributed by atoms with Gasteiger partial charge in [-0.2, -0.15) is 4.98 Å². The van der Waals surface area contributed by atoms with E-state index in [2.05, 4.69) is 25.9 Å². The average molecular weight is 368 g/mol. The summed E-state index contributed by atoms with van der Waals surface area (Å²) in [5.74, 6) is 0.810. The van der Waals surface area contributed by atoms with Gasteiger partial charge in [-0.1, -0.05) is 12.1 Å². The van der Waals surface area contributed by atoms with Crippen LogP contribution in [0, 0.1) is 5.41 Å². The zero-order valence-corrected chi connectivity index (χ0v) is 15.2. The van der Waals surface area contributed by atoms with Gasteiger partial charge in [-0.05, 0) is 36.7 Å². The smallest absolute Gasteiger partial charge is 0.354 e. The molecule has 0 aliphatic carbocycles. The van der Waals surface area contributed by atoms with Crippen molar-refractivity contribution in [2.45, 2.75) is 13.0 Å². The van der Waals surface area contributed by atoms with Crippen LogP contribution in [-0.4, -0.2) is 40.6 Å². The summed E-state index contributed by atoms with van der Waals surface area (Å²) in [5.41, 5.74) is 7.37.